The zero-order valence-electron chi connectivity index (χ0n) is 15.6. The standard InChI is InChI=1S/C16H18N6O6S2/c1-21-3-2-8(28-21)6-4-29-14-10(13(24)22(14)11(6)15(25)26)19-12(23)9(20-27)7-5-30-16(17)18-7/h5,8,10,14,27H,2-4H2,1H3,(H2,17,18)(H,19,23)(H,25,26)/b20-9-/t8-,10?,14?/m0/s1. The third-order valence-electron chi connectivity index (χ3n) is 4.97. The highest BCUT2D eigenvalue weighted by molar-refractivity contribution is 8.00. The number of oxime groups is 1. The summed E-state index contributed by atoms with van der Waals surface area (Å²) in [6.07, 6.45) is 0.225. The number of hydroxylamine groups is 2. The molecule has 0 bridgehead atoms. The molecule has 2 fully saturated rings. The molecule has 2 saturated heterocycles. The number of β-lactam (4-membered cyclic amide) rings is 1. The number of anilines is 1. The molecule has 4 heterocycles. The number of nitrogens with two attached hydrogens (primary N) is 1. The molecule has 3 aliphatic heterocycles. The maximum absolute atomic E-state index is 12.7. The smallest absolute Gasteiger partial charge is 0.352 e. The van der Waals surface area contributed by atoms with E-state index in [1.165, 1.54) is 22.0 Å². The Morgan fingerprint density at radius 3 is 2.80 bits per heavy atom. The highest BCUT2D eigenvalue weighted by atomic mass is 32.2. The number of aliphatic carboxylic acids is 1. The van der Waals surface area contributed by atoms with Crippen molar-refractivity contribution in [1.82, 2.24) is 20.3 Å². The molecule has 0 aliphatic carbocycles. The van der Waals surface area contributed by atoms with Crippen LogP contribution in [0, 0.1) is 0 Å². The molecule has 0 spiro atoms. The van der Waals surface area contributed by atoms with Crippen molar-refractivity contribution in [3.05, 3.63) is 22.3 Å². The quantitative estimate of drug-likeness (QED) is 0.193. The molecule has 4 rings (SSSR count). The van der Waals surface area contributed by atoms with Crippen LogP contribution in [0.15, 0.2) is 21.8 Å². The highest BCUT2D eigenvalue weighted by Gasteiger charge is 2.55. The zero-order valence-corrected chi connectivity index (χ0v) is 17.3. The van der Waals surface area contributed by atoms with Crippen molar-refractivity contribution in [2.45, 2.75) is 23.9 Å². The molecule has 5 N–H and O–H groups in total. The number of carbonyl (C=O) groups excluding carboxylic acids is 2. The van der Waals surface area contributed by atoms with E-state index in [0.29, 0.717) is 24.3 Å². The summed E-state index contributed by atoms with van der Waals surface area (Å²) in [4.78, 5) is 47.9. The fourth-order valence-corrected chi connectivity index (χ4v) is 5.52. The number of hydrogen-bond acceptors (Lipinski definition) is 11. The van der Waals surface area contributed by atoms with Crippen LogP contribution in [0.5, 0.6) is 0 Å². The Hall–Kier alpha value is -2.68. The lowest BCUT2D eigenvalue weighted by molar-refractivity contribution is -0.151. The second-order valence-electron chi connectivity index (χ2n) is 6.79. The maximum atomic E-state index is 12.7. The SMILES string of the molecule is CN1CC[C@@H](C2=C(C(=O)O)N3C(=O)C(NC(=O)/C(=N\O)c4csc(N)n4)C3SC2)O1. The topological polar surface area (TPSA) is 171 Å². The largest absolute Gasteiger partial charge is 0.477 e. The van der Waals surface area contributed by atoms with E-state index in [2.05, 4.69) is 15.5 Å². The molecule has 0 radical (unpaired) electrons. The first-order valence-electron chi connectivity index (χ1n) is 8.85. The van der Waals surface area contributed by atoms with Crippen LogP contribution in [0.2, 0.25) is 0 Å². The minimum atomic E-state index is -1.22. The number of nitrogens with zero attached hydrogens (tertiary/aromatic N) is 4. The molecule has 1 aromatic heterocycles. The van der Waals surface area contributed by atoms with Crippen LogP contribution >= 0.6 is 23.1 Å². The van der Waals surface area contributed by atoms with E-state index in [0.717, 1.165) is 11.3 Å². The number of nitrogen functional groups attached to an aromatic ring is 1. The molecule has 30 heavy (non-hydrogen) atoms. The van der Waals surface area contributed by atoms with Gasteiger partial charge in [0.2, 0.25) is 0 Å². The van der Waals surface area contributed by atoms with Gasteiger partial charge in [0.25, 0.3) is 11.8 Å². The van der Waals surface area contributed by atoms with E-state index in [9.17, 15) is 24.7 Å². The predicted molar refractivity (Wildman–Crippen MR) is 107 cm³/mol. The Balaban J connectivity index is 1.52. The molecule has 2 unspecified atom stereocenters. The minimum absolute atomic E-state index is 0.0772. The first-order valence-corrected chi connectivity index (χ1v) is 10.8. The summed E-state index contributed by atoms with van der Waals surface area (Å²) >= 11 is 2.41. The van der Waals surface area contributed by atoms with Gasteiger partial charge in [-0.2, -0.15) is 5.06 Å². The number of amides is 2. The first kappa shape index (κ1) is 20.6. The normalized spacial score (nSPS) is 27.1. The lowest BCUT2D eigenvalue weighted by Crippen LogP contribution is -2.71. The Morgan fingerprint density at radius 1 is 1.47 bits per heavy atom. The van der Waals surface area contributed by atoms with Crippen LogP contribution < -0.4 is 11.1 Å². The number of carbonyl (C=O) groups is 3. The number of carboxylic acid groups (broad SMARTS) is 1. The van der Waals surface area contributed by atoms with Crippen molar-refractivity contribution in [2.75, 3.05) is 25.1 Å². The van der Waals surface area contributed by atoms with E-state index in [1.807, 2.05) is 0 Å². The summed E-state index contributed by atoms with van der Waals surface area (Å²) in [5.41, 5.74) is 5.68. The van der Waals surface area contributed by atoms with Crippen LogP contribution in [0.3, 0.4) is 0 Å². The summed E-state index contributed by atoms with van der Waals surface area (Å²) in [6, 6.07) is -0.960. The van der Waals surface area contributed by atoms with Gasteiger partial charge in [0, 0.05) is 30.3 Å². The Morgan fingerprint density at radius 2 is 2.23 bits per heavy atom. The summed E-state index contributed by atoms with van der Waals surface area (Å²) < 4.78 is 0. The predicted octanol–water partition coefficient (Wildman–Crippen LogP) is -0.722. The van der Waals surface area contributed by atoms with Gasteiger partial charge >= 0.3 is 5.97 Å². The van der Waals surface area contributed by atoms with Crippen LogP contribution in [0.4, 0.5) is 5.13 Å². The summed E-state index contributed by atoms with van der Waals surface area (Å²) in [7, 11) is 1.76. The van der Waals surface area contributed by atoms with Crippen molar-refractivity contribution in [3.63, 3.8) is 0 Å². The molecule has 160 valence electrons. The molecular weight excluding hydrogens is 436 g/mol. The van der Waals surface area contributed by atoms with E-state index in [-0.39, 0.29) is 22.2 Å². The summed E-state index contributed by atoms with van der Waals surface area (Å²) in [5.74, 6) is -2.24. The highest BCUT2D eigenvalue weighted by Crippen LogP contribution is 2.42. The van der Waals surface area contributed by atoms with Crippen molar-refractivity contribution in [3.8, 4) is 0 Å². The Labute approximate surface area is 178 Å². The van der Waals surface area contributed by atoms with Crippen molar-refractivity contribution >= 4 is 51.7 Å². The number of fused-ring (bicyclic) bond motifs is 1. The molecule has 12 nitrogen and oxygen atoms in total. The van der Waals surface area contributed by atoms with E-state index in [4.69, 9.17) is 10.6 Å². The summed E-state index contributed by atoms with van der Waals surface area (Å²) in [6.45, 7) is 0.659. The van der Waals surface area contributed by atoms with Gasteiger partial charge < -0.3 is 21.4 Å². The third-order valence-corrected chi connectivity index (χ3v) is 6.94. The van der Waals surface area contributed by atoms with Crippen LogP contribution in [0.25, 0.3) is 0 Å². The molecule has 0 saturated carbocycles. The fraction of sp³-hybridized carbons (Fsp3) is 0.438. The van der Waals surface area contributed by atoms with E-state index in [1.54, 1.807) is 12.1 Å². The number of aromatic nitrogens is 1. The van der Waals surface area contributed by atoms with Gasteiger partial charge in [-0.1, -0.05) is 5.16 Å². The van der Waals surface area contributed by atoms with Crippen LogP contribution in [0.1, 0.15) is 12.1 Å². The molecular formula is C16H18N6O6S2. The number of carboxylic acids is 1. The lowest BCUT2D eigenvalue weighted by atomic mass is 9.99. The number of hydrogen-bond donors (Lipinski definition) is 4. The lowest BCUT2D eigenvalue weighted by Gasteiger charge is -2.49. The minimum Gasteiger partial charge on any atom is -0.477 e. The fourth-order valence-electron chi connectivity index (χ4n) is 3.57. The van der Waals surface area contributed by atoms with Gasteiger partial charge in [-0.05, 0) is 6.42 Å². The first-order chi connectivity index (χ1) is 14.3. The monoisotopic (exact) mass is 454 g/mol. The molecule has 14 heteroatoms. The summed E-state index contributed by atoms with van der Waals surface area (Å²) in [5, 5.41) is 27.1. The van der Waals surface area contributed by atoms with Gasteiger partial charge in [-0.25, -0.2) is 9.78 Å². The Kier molecular flexibility index (Phi) is 5.40. The molecule has 1 aromatic rings. The second-order valence-corrected chi connectivity index (χ2v) is 8.79. The molecule has 2 amide bonds. The second kappa shape index (κ2) is 7.86. The average molecular weight is 454 g/mol. The van der Waals surface area contributed by atoms with Crippen LogP contribution in [-0.2, 0) is 19.2 Å². The number of thioether (sulfide) groups is 1. The Bertz CT molecular complexity index is 977. The van der Waals surface area contributed by atoms with E-state index < -0.39 is 35.3 Å². The zero-order chi connectivity index (χ0) is 21.6. The van der Waals surface area contributed by atoms with Crippen LogP contribution in [-0.4, -0.2) is 85.6 Å². The van der Waals surface area contributed by atoms with E-state index >= 15 is 0 Å². The molecule has 0 aromatic carbocycles. The molecule has 3 aliphatic rings. The number of rotatable bonds is 5. The van der Waals surface area contributed by atoms with Gasteiger partial charge in [0.1, 0.15) is 28.9 Å². The third kappa shape index (κ3) is 3.40. The molecule has 3 atom stereocenters. The van der Waals surface area contributed by atoms with Gasteiger partial charge in [-0.3, -0.25) is 19.3 Å². The number of thiazole rings is 1. The van der Waals surface area contributed by atoms with Gasteiger partial charge in [0.15, 0.2) is 10.8 Å². The average Bonchev–Trinajstić information content (AvgIpc) is 3.33. The van der Waals surface area contributed by atoms with Crippen molar-refractivity contribution < 1.29 is 29.5 Å². The van der Waals surface area contributed by atoms with Gasteiger partial charge in [0.05, 0.1) is 0 Å². The van der Waals surface area contributed by atoms with Crippen molar-refractivity contribution in [1.29, 1.82) is 0 Å². The number of nitrogens with one attached hydrogen (secondary N) is 1. The van der Waals surface area contributed by atoms with Gasteiger partial charge in [-0.15, -0.1) is 23.1 Å². The maximum Gasteiger partial charge on any atom is 0.352 e. The van der Waals surface area contributed by atoms with Crippen molar-refractivity contribution in [2.24, 2.45) is 5.16 Å².